The summed E-state index contributed by atoms with van der Waals surface area (Å²) in [4.78, 5) is 11.3. The molecule has 6 heteroatoms. The van der Waals surface area contributed by atoms with E-state index in [2.05, 4.69) is 9.73 Å². The number of carbonyl (C=O) groups is 1. The fourth-order valence-corrected chi connectivity index (χ4v) is 1.15. The smallest absolute Gasteiger partial charge is 0.450 e. The van der Waals surface area contributed by atoms with E-state index < -0.39 is 23.4 Å². The third kappa shape index (κ3) is 2.51. The van der Waals surface area contributed by atoms with Crippen LogP contribution in [0.25, 0.3) is 0 Å². The average molecular weight is 221 g/mol. The van der Waals surface area contributed by atoms with E-state index in [0.717, 1.165) is 6.07 Å². The van der Waals surface area contributed by atoms with Crippen molar-refractivity contribution in [3.05, 3.63) is 23.2 Å². The molecule has 0 saturated carbocycles. The molecule has 1 heterocycles. The maximum absolute atomic E-state index is 12.4. The van der Waals surface area contributed by atoms with Crippen molar-refractivity contribution in [2.45, 2.75) is 20.0 Å². The molecule has 0 unspecified atom stereocenters. The molecular formula is C9H10F3NO2. The van der Waals surface area contributed by atoms with Gasteiger partial charge in [-0.15, -0.1) is 0 Å². The standard InChI is InChI=1S/C9H10F3NO2/c1-3-13-8(14)6-4-5(2)15-7(6)9(10,11)12/h4H,3H2,1-2H3,(H,13,14). The molecule has 0 radical (unpaired) electrons. The van der Waals surface area contributed by atoms with Gasteiger partial charge in [-0.05, 0) is 19.9 Å². The van der Waals surface area contributed by atoms with Crippen LogP contribution in [0.1, 0.15) is 28.8 Å². The second kappa shape index (κ2) is 3.96. The molecule has 1 aromatic heterocycles. The highest BCUT2D eigenvalue weighted by atomic mass is 19.4. The van der Waals surface area contributed by atoms with E-state index in [9.17, 15) is 18.0 Å². The van der Waals surface area contributed by atoms with Crippen LogP contribution in [0.15, 0.2) is 10.5 Å². The van der Waals surface area contributed by atoms with Gasteiger partial charge < -0.3 is 9.73 Å². The van der Waals surface area contributed by atoms with Crippen LogP contribution in [0.2, 0.25) is 0 Å². The Bertz CT molecular complexity index is 368. The van der Waals surface area contributed by atoms with Crippen molar-refractivity contribution in [1.29, 1.82) is 0 Å². The highest BCUT2D eigenvalue weighted by Crippen LogP contribution is 2.33. The highest BCUT2D eigenvalue weighted by molar-refractivity contribution is 5.95. The van der Waals surface area contributed by atoms with Gasteiger partial charge in [0.2, 0.25) is 5.76 Å². The SMILES string of the molecule is CCNC(=O)c1cc(C)oc1C(F)(F)F. The molecule has 0 aromatic carbocycles. The molecule has 0 aliphatic rings. The number of hydrogen-bond donors (Lipinski definition) is 1. The first kappa shape index (κ1) is 11.6. The summed E-state index contributed by atoms with van der Waals surface area (Å²) in [5, 5.41) is 2.29. The van der Waals surface area contributed by atoms with Crippen LogP contribution in [-0.4, -0.2) is 12.5 Å². The average Bonchev–Trinajstić information content (AvgIpc) is 2.47. The first-order valence-electron chi connectivity index (χ1n) is 4.32. The van der Waals surface area contributed by atoms with Gasteiger partial charge in [0.1, 0.15) is 5.76 Å². The van der Waals surface area contributed by atoms with E-state index in [1.165, 1.54) is 6.92 Å². The van der Waals surface area contributed by atoms with Crippen LogP contribution in [-0.2, 0) is 6.18 Å². The van der Waals surface area contributed by atoms with E-state index in [1.54, 1.807) is 6.92 Å². The Morgan fingerprint density at radius 1 is 1.53 bits per heavy atom. The van der Waals surface area contributed by atoms with Gasteiger partial charge in [-0.3, -0.25) is 4.79 Å². The summed E-state index contributed by atoms with van der Waals surface area (Å²) in [6.45, 7) is 3.25. The minimum atomic E-state index is -4.64. The maximum atomic E-state index is 12.4. The lowest BCUT2D eigenvalue weighted by atomic mass is 10.2. The van der Waals surface area contributed by atoms with Crippen molar-refractivity contribution in [3.63, 3.8) is 0 Å². The van der Waals surface area contributed by atoms with E-state index in [0.29, 0.717) is 0 Å². The lowest BCUT2D eigenvalue weighted by Gasteiger charge is -2.05. The predicted octanol–water partition coefficient (Wildman–Crippen LogP) is 2.36. The second-order valence-electron chi connectivity index (χ2n) is 2.96. The zero-order valence-corrected chi connectivity index (χ0v) is 8.23. The lowest BCUT2D eigenvalue weighted by Crippen LogP contribution is -2.24. The van der Waals surface area contributed by atoms with E-state index in [1.807, 2.05) is 0 Å². The summed E-state index contributed by atoms with van der Waals surface area (Å²) < 4.78 is 41.6. The van der Waals surface area contributed by atoms with Gasteiger partial charge in [-0.1, -0.05) is 0 Å². The van der Waals surface area contributed by atoms with Gasteiger partial charge in [0.25, 0.3) is 5.91 Å². The summed E-state index contributed by atoms with van der Waals surface area (Å²) in [5.41, 5.74) is -0.471. The van der Waals surface area contributed by atoms with Crippen molar-refractivity contribution in [3.8, 4) is 0 Å². The van der Waals surface area contributed by atoms with Gasteiger partial charge >= 0.3 is 6.18 Å². The first-order valence-corrected chi connectivity index (χ1v) is 4.32. The van der Waals surface area contributed by atoms with Gasteiger partial charge in [-0.2, -0.15) is 13.2 Å². The Labute approximate surface area is 84.3 Å². The molecule has 0 aliphatic heterocycles. The molecule has 0 aliphatic carbocycles. The number of halogens is 3. The number of rotatable bonds is 2. The number of alkyl halides is 3. The normalized spacial score (nSPS) is 11.5. The molecule has 84 valence electrons. The number of furan rings is 1. The topological polar surface area (TPSA) is 42.2 Å². The Balaban J connectivity index is 3.12. The van der Waals surface area contributed by atoms with Gasteiger partial charge in [0.05, 0.1) is 5.56 Å². The van der Waals surface area contributed by atoms with Gasteiger partial charge in [-0.25, -0.2) is 0 Å². The Morgan fingerprint density at radius 3 is 2.60 bits per heavy atom. The van der Waals surface area contributed by atoms with Crippen LogP contribution in [0, 0.1) is 6.92 Å². The van der Waals surface area contributed by atoms with Crippen LogP contribution in [0.4, 0.5) is 13.2 Å². The molecule has 1 N–H and O–H groups in total. The van der Waals surface area contributed by atoms with Gasteiger partial charge in [0, 0.05) is 6.54 Å². The fourth-order valence-electron chi connectivity index (χ4n) is 1.15. The minimum absolute atomic E-state index is 0.0589. The molecule has 15 heavy (non-hydrogen) atoms. The number of carbonyl (C=O) groups excluding carboxylic acids is 1. The molecule has 0 fully saturated rings. The lowest BCUT2D eigenvalue weighted by molar-refractivity contribution is -0.153. The van der Waals surface area contributed by atoms with E-state index >= 15 is 0 Å². The third-order valence-electron chi connectivity index (χ3n) is 1.69. The monoisotopic (exact) mass is 221 g/mol. The van der Waals surface area contributed by atoms with Crippen LogP contribution >= 0.6 is 0 Å². The summed E-state index contributed by atoms with van der Waals surface area (Å²) in [7, 11) is 0. The molecule has 0 bridgehead atoms. The minimum Gasteiger partial charge on any atom is -0.456 e. The molecule has 0 atom stereocenters. The molecule has 3 nitrogen and oxygen atoms in total. The zero-order valence-electron chi connectivity index (χ0n) is 8.23. The summed E-state index contributed by atoms with van der Waals surface area (Å²) in [6.07, 6.45) is -4.64. The quantitative estimate of drug-likeness (QED) is 0.832. The van der Waals surface area contributed by atoms with Crippen LogP contribution in [0.3, 0.4) is 0 Å². The number of nitrogens with one attached hydrogen (secondary N) is 1. The largest absolute Gasteiger partial charge is 0.456 e. The summed E-state index contributed by atoms with van der Waals surface area (Å²) >= 11 is 0. The highest BCUT2D eigenvalue weighted by Gasteiger charge is 2.39. The van der Waals surface area contributed by atoms with Crippen molar-refractivity contribution >= 4 is 5.91 Å². The summed E-state index contributed by atoms with van der Waals surface area (Å²) in [5.74, 6) is -1.96. The summed E-state index contributed by atoms with van der Waals surface area (Å²) in [6, 6.07) is 1.08. The molecular weight excluding hydrogens is 211 g/mol. The third-order valence-corrected chi connectivity index (χ3v) is 1.69. The van der Waals surface area contributed by atoms with Crippen molar-refractivity contribution in [1.82, 2.24) is 5.32 Å². The predicted molar refractivity (Wildman–Crippen MR) is 46.5 cm³/mol. The van der Waals surface area contributed by atoms with Crippen molar-refractivity contribution in [2.75, 3.05) is 6.54 Å². The Hall–Kier alpha value is -1.46. The molecule has 1 rings (SSSR count). The fraction of sp³-hybridized carbons (Fsp3) is 0.444. The number of hydrogen-bond acceptors (Lipinski definition) is 2. The molecule has 1 amide bonds. The molecule has 1 aromatic rings. The zero-order chi connectivity index (χ0) is 11.6. The Kier molecular flexibility index (Phi) is 3.06. The first-order chi connectivity index (χ1) is 6.86. The maximum Gasteiger partial charge on any atom is 0.450 e. The number of aryl methyl sites for hydroxylation is 1. The van der Waals surface area contributed by atoms with Crippen molar-refractivity contribution < 1.29 is 22.4 Å². The van der Waals surface area contributed by atoms with Gasteiger partial charge in [0.15, 0.2) is 0 Å². The van der Waals surface area contributed by atoms with E-state index in [-0.39, 0.29) is 12.3 Å². The van der Waals surface area contributed by atoms with Crippen LogP contribution in [0.5, 0.6) is 0 Å². The van der Waals surface area contributed by atoms with Crippen LogP contribution < -0.4 is 5.32 Å². The Morgan fingerprint density at radius 2 is 2.13 bits per heavy atom. The second-order valence-corrected chi connectivity index (χ2v) is 2.96. The van der Waals surface area contributed by atoms with E-state index in [4.69, 9.17) is 0 Å². The molecule has 0 spiro atoms. The molecule has 0 saturated heterocycles. The number of amides is 1. The van der Waals surface area contributed by atoms with Crippen molar-refractivity contribution in [2.24, 2.45) is 0 Å².